The molecule has 0 radical (unpaired) electrons. The third-order valence-corrected chi connectivity index (χ3v) is 4.74. The molecule has 0 aliphatic rings. The van der Waals surface area contributed by atoms with Gasteiger partial charge in [0.15, 0.2) is 5.82 Å². The Labute approximate surface area is 129 Å². The van der Waals surface area contributed by atoms with E-state index in [9.17, 15) is 8.42 Å². The average Bonchev–Trinajstić information content (AvgIpc) is 2.78. The zero-order chi connectivity index (χ0) is 15.6. The molecule has 1 aromatic heterocycles. The van der Waals surface area contributed by atoms with Crippen molar-refractivity contribution < 1.29 is 8.42 Å². The van der Waals surface area contributed by atoms with Gasteiger partial charge in [0.1, 0.15) is 0 Å². The first-order valence-corrected chi connectivity index (χ1v) is 8.15. The van der Waals surface area contributed by atoms with Crippen LogP contribution in [-0.4, -0.2) is 25.2 Å². The predicted molar refractivity (Wildman–Crippen MR) is 83.0 cm³/mol. The van der Waals surface area contributed by atoms with Gasteiger partial charge in [-0.3, -0.25) is 9.40 Å². The summed E-state index contributed by atoms with van der Waals surface area (Å²) in [5.74, 6) is 0.270. The van der Waals surface area contributed by atoms with Gasteiger partial charge in [-0.15, -0.1) is 0 Å². The van der Waals surface area contributed by atoms with Crippen LogP contribution in [0.15, 0.2) is 29.3 Å². The number of nitrogens with zero attached hydrogens (tertiary/aromatic N) is 2. The fourth-order valence-electron chi connectivity index (χ4n) is 2.02. The molecule has 0 atom stereocenters. The van der Waals surface area contributed by atoms with Crippen molar-refractivity contribution in [1.82, 2.24) is 15.1 Å². The Morgan fingerprint density at radius 1 is 1.38 bits per heavy atom. The van der Waals surface area contributed by atoms with Gasteiger partial charge in [-0.05, 0) is 37.2 Å². The maximum atomic E-state index is 12.5. The van der Waals surface area contributed by atoms with Crippen LogP contribution in [0, 0.1) is 6.92 Å². The Bertz CT molecular complexity index is 756. The van der Waals surface area contributed by atoms with Gasteiger partial charge in [-0.25, -0.2) is 8.42 Å². The molecule has 1 aromatic carbocycles. The molecular formula is C13H17ClN4O2S. The first-order chi connectivity index (χ1) is 9.83. The van der Waals surface area contributed by atoms with E-state index < -0.39 is 10.0 Å². The maximum absolute atomic E-state index is 12.5. The number of anilines is 1. The Hall–Kier alpha value is -1.57. The molecule has 8 heteroatoms. The second-order valence-corrected chi connectivity index (χ2v) is 6.79. The number of hydrogen-bond acceptors (Lipinski definition) is 4. The first kappa shape index (κ1) is 15.8. The quantitative estimate of drug-likeness (QED) is 0.879. The van der Waals surface area contributed by atoms with Gasteiger partial charge < -0.3 is 5.32 Å². The van der Waals surface area contributed by atoms with Crippen LogP contribution in [0.1, 0.15) is 11.1 Å². The van der Waals surface area contributed by atoms with E-state index in [1.807, 2.05) is 0 Å². The molecule has 0 saturated heterocycles. The van der Waals surface area contributed by atoms with Gasteiger partial charge in [0, 0.05) is 30.9 Å². The van der Waals surface area contributed by atoms with Crippen LogP contribution in [0.4, 0.5) is 5.82 Å². The number of hydrogen-bond donors (Lipinski definition) is 2. The highest BCUT2D eigenvalue weighted by atomic mass is 35.5. The third-order valence-electron chi connectivity index (χ3n) is 3.04. The average molecular weight is 329 g/mol. The molecule has 0 aliphatic carbocycles. The van der Waals surface area contributed by atoms with Crippen molar-refractivity contribution in [3.05, 3.63) is 40.5 Å². The van der Waals surface area contributed by atoms with E-state index in [0.717, 1.165) is 5.56 Å². The molecule has 1 heterocycles. The minimum absolute atomic E-state index is 0.158. The summed E-state index contributed by atoms with van der Waals surface area (Å²) in [5.41, 5.74) is 1.50. The zero-order valence-corrected chi connectivity index (χ0v) is 13.6. The first-order valence-electron chi connectivity index (χ1n) is 6.29. The highest BCUT2D eigenvalue weighted by Crippen LogP contribution is 2.26. The van der Waals surface area contributed by atoms with E-state index in [1.165, 1.54) is 10.7 Å². The Morgan fingerprint density at radius 3 is 2.67 bits per heavy atom. The Balaban J connectivity index is 2.44. The lowest BCUT2D eigenvalue weighted by molar-refractivity contribution is 0.600. The van der Waals surface area contributed by atoms with Crippen molar-refractivity contribution in [3.63, 3.8) is 0 Å². The summed E-state index contributed by atoms with van der Waals surface area (Å²) in [4.78, 5) is 0.158. The summed E-state index contributed by atoms with van der Waals surface area (Å²) in [7, 11) is -0.224. The Kier molecular flexibility index (Phi) is 4.55. The molecule has 114 valence electrons. The largest absolute Gasteiger partial charge is 0.316 e. The van der Waals surface area contributed by atoms with Crippen LogP contribution >= 0.6 is 11.6 Å². The van der Waals surface area contributed by atoms with Crippen molar-refractivity contribution in [2.24, 2.45) is 7.05 Å². The van der Waals surface area contributed by atoms with Gasteiger partial charge in [0.2, 0.25) is 0 Å². The summed E-state index contributed by atoms with van der Waals surface area (Å²) in [5, 5.41) is 7.39. The lowest BCUT2D eigenvalue weighted by Gasteiger charge is -2.13. The molecule has 0 unspecified atom stereocenters. The molecule has 2 N–H and O–H groups in total. The smallest absolute Gasteiger partial charge is 0.263 e. The van der Waals surface area contributed by atoms with E-state index in [-0.39, 0.29) is 10.7 Å². The van der Waals surface area contributed by atoms with Crippen molar-refractivity contribution >= 4 is 27.4 Å². The standard InChI is InChI=1S/C13H17ClN4O2S/c1-9-10(8-15-2)6-11(14)7-12(9)21(19,20)17-13-4-5-18(3)16-13/h4-7,15H,8H2,1-3H3,(H,16,17). The fraction of sp³-hybridized carbons (Fsp3) is 0.308. The second kappa shape index (κ2) is 6.05. The third kappa shape index (κ3) is 3.55. The minimum Gasteiger partial charge on any atom is -0.316 e. The highest BCUT2D eigenvalue weighted by molar-refractivity contribution is 7.92. The van der Waals surface area contributed by atoms with Crippen LogP contribution < -0.4 is 10.0 Å². The molecule has 2 rings (SSSR count). The van der Waals surface area contributed by atoms with Crippen molar-refractivity contribution in [2.45, 2.75) is 18.4 Å². The van der Waals surface area contributed by atoms with E-state index >= 15 is 0 Å². The van der Waals surface area contributed by atoms with Crippen molar-refractivity contribution in [2.75, 3.05) is 11.8 Å². The van der Waals surface area contributed by atoms with Gasteiger partial charge in [-0.1, -0.05) is 11.6 Å². The molecule has 0 spiro atoms. The monoisotopic (exact) mass is 328 g/mol. The van der Waals surface area contributed by atoms with Gasteiger partial charge in [-0.2, -0.15) is 5.10 Å². The van der Waals surface area contributed by atoms with Gasteiger partial charge in [0.05, 0.1) is 4.90 Å². The van der Waals surface area contributed by atoms with E-state index in [2.05, 4.69) is 15.1 Å². The minimum atomic E-state index is -3.73. The number of aryl methyl sites for hydroxylation is 1. The van der Waals surface area contributed by atoms with Crippen LogP contribution in [0.25, 0.3) is 0 Å². The molecule has 0 saturated carbocycles. The number of aromatic nitrogens is 2. The van der Waals surface area contributed by atoms with Gasteiger partial charge in [0.25, 0.3) is 10.0 Å². The van der Waals surface area contributed by atoms with E-state index in [1.54, 1.807) is 39.3 Å². The molecule has 6 nitrogen and oxygen atoms in total. The number of benzene rings is 1. The van der Waals surface area contributed by atoms with Crippen molar-refractivity contribution in [1.29, 1.82) is 0 Å². The number of rotatable bonds is 5. The maximum Gasteiger partial charge on any atom is 0.263 e. The summed E-state index contributed by atoms with van der Waals surface area (Å²) in [6.07, 6.45) is 1.66. The number of nitrogens with one attached hydrogen (secondary N) is 2. The molecule has 0 amide bonds. The highest BCUT2D eigenvalue weighted by Gasteiger charge is 2.20. The van der Waals surface area contributed by atoms with Crippen molar-refractivity contribution in [3.8, 4) is 0 Å². The molecule has 0 bridgehead atoms. The number of halogens is 1. The topological polar surface area (TPSA) is 76.0 Å². The Morgan fingerprint density at radius 2 is 2.10 bits per heavy atom. The van der Waals surface area contributed by atoms with Gasteiger partial charge >= 0.3 is 0 Å². The molecule has 21 heavy (non-hydrogen) atoms. The molecule has 0 aliphatic heterocycles. The summed E-state index contributed by atoms with van der Waals surface area (Å²) in [6, 6.07) is 4.79. The lowest BCUT2D eigenvalue weighted by atomic mass is 10.1. The summed E-state index contributed by atoms with van der Waals surface area (Å²) >= 11 is 6.03. The van der Waals surface area contributed by atoms with E-state index in [4.69, 9.17) is 11.6 Å². The van der Waals surface area contributed by atoms with Crippen LogP contribution in [-0.2, 0) is 23.6 Å². The fourth-order valence-corrected chi connectivity index (χ4v) is 3.64. The van der Waals surface area contributed by atoms with Crippen LogP contribution in [0.2, 0.25) is 5.02 Å². The van der Waals surface area contributed by atoms with Crippen LogP contribution in [0.3, 0.4) is 0 Å². The lowest BCUT2D eigenvalue weighted by Crippen LogP contribution is -2.17. The molecule has 2 aromatic rings. The number of sulfonamides is 1. The summed E-state index contributed by atoms with van der Waals surface area (Å²) < 4.78 is 29.0. The zero-order valence-electron chi connectivity index (χ0n) is 12.0. The predicted octanol–water partition coefficient (Wildman–Crippen LogP) is 1.90. The molecule has 0 fully saturated rings. The second-order valence-electron chi connectivity index (χ2n) is 4.70. The summed E-state index contributed by atoms with van der Waals surface area (Å²) in [6.45, 7) is 2.30. The normalized spacial score (nSPS) is 11.6. The molecular weight excluding hydrogens is 312 g/mol. The van der Waals surface area contributed by atoms with E-state index in [0.29, 0.717) is 17.1 Å². The van der Waals surface area contributed by atoms with Crippen LogP contribution in [0.5, 0.6) is 0 Å². The SMILES string of the molecule is CNCc1cc(Cl)cc(S(=O)(=O)Nc2ccn(C)n2)c1C.